The molecule has 4 N–H and O–H groups in total. The van der Waals surface area contributed by atoms with E-state index in [4.69, 9.17) is 0 Å². The van der Waals surface area contributed by atoms with Crippen LogP contribution in [-0.2, 0) is 0 Å². The van der Waals surface area contributed by atoms with Gasteiger partial charge in [0.1, 0.15) is 5.82 Å². The first-order chi connectivity index (χ1) is 13.5. The molecule has 0 aromatic heterocycles. The van der Waals surface area contributed by atoms with Crippen LogP contribution in [0.15, 0.2) is 53.0 Å². The zero-order chi connectivity index (χ0) is 20.4. The fraction of sp³-hybridized carbons (Fsp3) is 0.211. The molecule has 7 nitrogen and oxygen atoms in total. The minimum absolute atomic E-state index is 0.224. The molecule has 0 aliphatic heterocycles. The van der Waals surface area contributed by atoms with Crippen molar-refractivity contribution >= 4 is 33.8 Å². The molecule has 2 rings (SSSR count). The van der Waals surface area contributed by atoms with Crippen LogP contribution in [0.1, 0.15) is 20.7 Å². The van der Waals surface area contributed by atoms with Crippen LogP contribution in [-0.4, -0.2) is 44.0 Å². The van der Waals surface area contributed by atoms with Crippen molar-refractivity contribution in [3.8, 4) is 0 Å². The van der Waals surface area contributed by atoms with E-state index in [1.807, 2.05) is 0 Å². The lowest BCUT2D eigenvalue weighted by Crippen LogP contribution is -2.43. The van der Waals surface area contributed by atoms with Crippen molar-refractivity contribution in [1.82, 2.24) is 21.3 Å². The third kappa shape index (κ3) is 7.36. The van der Waals surface area contributed by atoms with Gasteiger partial charge in [-0.2, -0.15) is 0 Å². The highest BCUT2D eigenvalue weighted by Gasteiger charge is 2.06. The van der Waals surface area contributed by atoms with Crippen molar-refractivity contribution in [2.75, 3.05) is 26.2 Å². The quantitative estimate of drug-likeness (QED) is 0.463. The smallest absolute Gasteiger partial charge is 0.314 e. The minimum Gasteiger partial charge on any atom is -0.350 e. The first kappa shape index (κ1) is 21.4. The Kier molecular flexibility index (Phi) is 8.41. The number of carbonyl (C=O) groups excluding carboxylic acids is 3. The van der Waals surface area contributed by atoms with Crippen LogP contribution in [0, 0.1) is 5.82 Å². The molecule has 9 heteroatoms. The molecule has 2 aromatic rings. The Morgan fingerprint density at radius 1 is 0.679 bits per heavy atom. The van der Waals surface area contributed by atoms with Gasteiger partial charge in [-0.15, -0.1) is 0 Å². The largest absolute Gasteiger partial charge is 0.350 e. The molecule has 148 valence electrons. The summed E-state index contributed by atoms with van der Waals surface area (Å²) in [6, 6.07) is 11.7. The topological polar surface area (TPSA) is 99.3 Å². The second-order valence-electron chi connectivity index (χ2n) is 5.71. The zero-order valence-electron chi connectivity index (χ0n) is 14.9. The number of benzene rings is 2. The van der Waals surface area contributed by atoms with Crippen LogP contribution in [0.25, 0.3) is 0 Å². The summed E-state index contributed by atoms with van der Waals surface area (Å²) in [7, 11) is 0. The second kappa shape index (κ2) is 11.0. The summed E-state index contributed by atoms with van der Waals surface area (Å²) in [5.41, 5.74) is 0.872. The molecule has 0 radical (unpaired) electrons. The van der Waals surface area contributed by atoms with Crippen LogP contribution in [0.5, 0.6) is 0 Å². The average Bonchev–Trinajstić information content (AvgIpc) is 2.69. The molecule has 0 atom stereocenters. The highest BCUT2D eigenvalue weighted by molar-refractivity contribution is 9.10. The van der Waals surface area contributed by atoms with Gasteiger partial charge in [0.15, 0.2) is 0 Å². The van der Waals surface area contributed by atoms with E-state index in [-0.39, 0.29) is 38.0 Å². The lowest BCUT2D eigenvalue weighted by atomic mass is 10.2. The van der Waals surface area contributed by atoms with Crippen LogP contribution in [0.4, 0.5) is 9.18 Å². The molecule has 0 unspecified atom stereocenters. The van der Waals surface area contributed by atoms with E-state index < -0.39 is 11.8 Å². The maximum atomic E-state index is 12.8. The van der Waals surface area contributed by atoms with Gasteiger partial charge in [-0.25, -0.2) is 9.18 Å². The molecule has 0 saturated carbocycles. The zero-order valence-corrected chi connectivity index (χ0v) is 16.5. The summed E-state index contributed by atoms with van der Waals surface area (Å²) in [4.78, 5) is 35.4. The first-order valence-electron chi connectivity index (χ1n) is 8.55. The van der Waals surface area contributed by atoms with Gasteiger partial charge in [0.25, 0.3) is 11.8 Å². The Bertz CT molecular complexity index is 745. The lowest BCUT2D eigenvalue weighted by molar-refractivity contribution is 0.0946. The van der Waals surface area contributed by atoms with E-state index in [0.29, 0.717) is 11.1 Å². The van der Waals surface area contributed by atoms with Crippen molar-refractivity contribution < 1.29 is 18.8 Å². The lowest BCUT2D eigenvalue weighted by Gasteiger charge is -2.09. The number of urea groups is 1. The van der Waals surface area contributed by atoms with Crippen molar-refractivity contribution in [3.63, 3.8) is 0 Å². The summed E-state index contributed by atoms with van der Waals surface area (Å²) in [5.74, 6) is -0.987. The van der Waals surface area contributed by atoms with Crippen LogP contribution >= 0.6 is 15.9 Å². The Morgan fingerprint density at radius 3 is 1.54 bits per heavy atom. The third-order valence-electron chi connectivity index (χ3n) is 3.61. The highest BCUT2D eigenvalue weighted by atomic mass is 79.9. The number of rotatable bonds is 8. The maximum Gasteiger partial charge on any atom is 0.314 e. The maximum absolute atomic E-state index is 12.8. The fourth-order valence-electron chi connectivity index (χ4n) is 2.17. The molecule has 2 aromatic carbocycles. The van der Waals surface area contributed by atoms with E-state index >= 15 is 0 Å². The van der Waals surface area contributed by atoms with Gasteiger partial charge < -0.3 is 21.3 Å². The molecule has 28 heavy (non-hydrogen) atoms. The molecule has 0 heterocycles. The predicted molar refractivity (Wildman–Crippen MR) is 107 cm³/mol. The third-order valence-corrected chi connectivity index (χ3v) is 4.13. The summed E-state index contributed by atoms with van der Waals surface area (Å²) < 4.78 is 13.7. The van der Waals surface area contributed by atoms with Gasteiger partial charge >= 0.3 is 6.03 Å². The molecule has 0 aliphatic carbocycles. The van der Waals surface area contributed by atoms with Crippen molar-refractivity contribution in [2.24, 2.45) is 0 Å². The highest BCUT2D eigenvalue weighted by Crippen LogP contribution is 2.10. The molecule has 4 amide bonds. The average molecular weight is 451 g/mol. The normalized spacial score (nSPS) is 10.1. The van der Waals surface area contributed by atoms with E-state index in [1.54, 1.807) is 24.3 Å². The Hall–Kier alpha value is -2.94. The monoisotopic (exact) mass is 450 g/mol. The number of nitrogens with one attached hydrogen (secondary N) is 4. The fourth-order valence-corrected chi connectivity index (χ4v) is 2.44. The van der Waals surface area contributed by atoms with Gasteiger partial charge in [-0.1, -0.05) is 15.9 Å². The summed E-state index contributed by atoms with van der Waals surface area (Å²) in [5, 5.41) is 10.5. The molecular weight excluding hydrogens is 431 g/mol. The van der Waals surface area contributed by atoms with Gasteiger partial charge in [0.2, 0.25) is 0 Å². The van der Waals surface area contributed by atoms with Gasteiger partial charge in [0, 0.05) is 41.8 Å². The second-order valence-corrected chi connectivity index (χ2v) is 6.62. The molecule has 0 aliphatic rings. The standard InChI is InChI=1S/C19H20BrFN4O3/c20-15-5-1-13(2-6-15)17(26)22-9-11-24-19(28)25-12-10-23-18(27)14-3-7-16(21)8-4-14/h1-8H,9-12H2,(H,22,26)(H,23,27)(H2,24,25,28). The summed E-state index contributed by atoms with van der Waals surface area (Å²) >= 11 is 3.30. The Labute approximate surface area is 170 Å². The van der Waals surface area contributed by atoms with Gasteiger partial charge in [-0.3, -0.25) is 9.59 Å². The van der Waals surface area contributed by atoms with Gasteiger partial charge in [0.05, 0.1) is 0 Å². The molecule has 0 bridgehead atoms. The number of hydrogen-bond acceptors (Lipinski definition) is 3. The van der Waals surface area contributed by atoms with Crippen LogP contribution < -0.4 is 21.3 Å². The predicted octanol–water partition coefficient (Wildman–Crippen LogP) is 2.05. The number of carbonyl (C=O) groups is 3. The van der Waals surface area contributed by atoms with E-state index in [2.05, 4.69) is 37.2 Å². The van der Waals surface area contributed by atoms with Crippen molar-refractivity contribution in [2.45, 2.75) is 0 Å². The Balaban J connectivity index is 1.55. The number of amides is 4. The van der Waals surface area contributed by atoms with E-state index in [1.165, 1.54) is 24.3 Å². The molecule has 0 saturated heterocycles. The van der Waals surface area contributed by atoms with Crippen LogP contribution in [0.2, 0.25) is 0 Å². The molecule has 0 spiro atoms. The van der Waals surface area contributed by atoms with Gasteiger partial charge in [-0.05, 0) is 48.5 Å². The summed E-state index contributed by atoms with van der Waals surface area (Å²) in [6.07, 6.45) is 0. The first-order valence-corrected chi connectivity index (χ1v) is 9.34. The minimum atomic E-state index is -0.414. The Morgan fingerprint density at radius 2 is 1.07 bits per heavy atom. The van der Waals surface area contributed by atoms with Crippen LogP contribution in [0.3, 0.4) is 0 Å². The SMILES string of the molecule is O=C(NCCNC(=O)c1ccc(F)cc1)NCCNC(=O)c1ccc(Br)cc1. The summed E-state index contributed by atoms with van der Waals surface area (Å²) in [6.45, 7) is 0.994. The van der Waals surface area contributed by atoms with Crippen molar-refractivity contribution in [3.05, 3.63) is 69.9 Å². The molecular formula is C19H20BrFN4O3. The van der Waals surface area contributed by atoms with Crippen molar-refractivity contribution in [1.29, 1.82) is 0 Å². The molecule has 0 fully saturated rings. The number of halogens is 2. The van der Waals surface area contributed by atoms with E-state index in [0.717, 1.165) is 4.47 Å². The van der Waals surface area contributed by atoms with E-state index in [9.17, 15) is 18.8 Å². The number of hydrogen-bond donors (Lipinski definition) is 4.